The average Bonchev–Trinajstić information content (AvgIpc) is 2.59. The summed E-state index contributed by atoms with van der Waals surface area (Å²) in [6, 6.07) is 0. The smallest absolute Gasteiger partial charge is 0.548 e. The first-order valence-electron chi connectivity index (χ1n) is 9.22. The Balaban J connectivity index is -0.000000649. The molecular formula is C18H36NNaO6. The van der Waals surface area contributed by atoms with Crippen molar-refractivity contribution >= 4 is 11.9 Å². The number of unbranched alkanes of at least 4 members (excludes halogenated alkanes) is 8. The number of carbonyl (C=O) groups is 2. The molecule has 0 atom stereocenters. The normalized spacial score (nSPS) is 9.92. The second-order valence-corrected chi connectivity index (χ2v) is 6.22. The Morgan fingerprint density at radius 2 is 1.35 bits per heavy atom. The van der Waals surface area contributed by atoms with E-state index in [2.05, 4.69) is 6.92 Å². The second-order valence-electron chi connectivity index (χ2n) is 6.22. The zero-order valence-electron chi connectivity index (χ0n) is 16.8. The average molecular weight is 385 g/mol. The number of carbonyl (C=O) groups excluding carboxylic acids is 2. The molecule has 1 amide bonds. The maximum Gasteiger partial charge on any atom is 1.00 e. The van der Waals surface area contributed by atoms with Crippen LogP contribution in [0.3, 0.4) is 0 Å². The molecule has 3 N–H and O–H groups in total. The van der Waals surface area contributed by atoms with E-state index in [1.165, 1.54) is 56.9 Å². The van der Waals surface area contributed by atoms with Crippen LogP contribution in [0.25, 0.3) is 0 Å². The first-order chi connectivity index (χ1) is 11.9. The molecular weight excluding hydrogens is 349 g/mol. The Morgan fingerprint density at radius 1 is 0.923 bits per heavy atom. The van der Waals surface area contributed by atoms with E-state index < -0.39 is 12.1 Å². The zero-order valence-corrected chi connectivity index (χ0v) is 18.8. The van der Waals surface area contributed by atoms with Crippen LogP contribution in [-0.4, -0.2) is 65.0 Å². The number of likely N-dealkylation sites (N-methyl/N-ethyl adjacent to an activating group) is 1. The van der Waals surface area contributed by atoms with E-state index in [9.17, 15) is 14.7 Å². The maximum absolute atomic E-state index is 11.5. The standard InChI is InChI=1S/C15H29NO3.C3H8O3.Na/c1-3-4-5-6-7-8-9-10-11-12-14(17)16(2)13-15(18)19;4-1-3(6)2-5;/h3-13H2,1-2H3,(H,18,19);3-6H,1-2H2;/q;;+1/p-1. The number of carboxylic acids is 1. The van der Waals surface area contributed by atoms with Gasteiger partial charge in [0.2, 0.25) is 5.91 Å². The molecule has 0 aliphatic rings. The summed E-state index contributed by atoms with van der Waals surface area (Å²) in [6.07, 6.45) is 10.4. The Morgan fingerprint density at radius 3 is 1.69 bits per heavy atom. The molecule has 0 unspecified atom stereocenters. The van der Waals surface area contributed by atoms with Crippen molar-refractivity contribution in [1.29, 1.82) is 0 Å². The minimum Gasteiger partial charge on any atom is -0.548 e. The van der Waals surface area contributed by atoms with Crippen molar-refractivity contribution in [2.75, 3.05) is 26.8 Å². The van der Waals surface area contributed by atoms with Crippen molar-refractivity contribution in [2.24, 2.45) is 0 Å². The van der Waals surface area contributed by atoms with Crippen LogP contribution in [0.1, 0.15) is 71.1 Å². The van der Waals surface area contributed by atoms with E-state index in [4.69, 9.17) is 15.3 Å². The van der Waals surface area contributed by atoms with Crippen LogP contribution in [0.15, 0.2) is 0 Å². The van der Waals surface area contributed by atoms with Gasteiger partial charge in [0.05, 0.1) is 25.7 Å². The molecule has 0 radical (unpaired) electrons. The van der Waals surface area contributed by atoms with Crippen LogP contribution in [0.2, 0.25) is 0 Å². The van der Waals surface area contributed by atoms with Gasteiger partial charge < -0.3 is 30.1 Å². The van der Waals surface area contributed by atoms with Gasteiger partial charge in [-0.3, -0.25) is 4.79 Å². The first kappa shape index (κ1) is 30.5. The van der Waals surface area contributed by atoms with Crippen LogP contribution < -0.4 is 34.7 Å². The molecule has 0 aromatic rings. The Labute approximate surface area is 180 Å². The number of aliphatic hydroxyl groups is 3. The summed E-state index contributed by atoms with van der Waals surface area (Å²) in [5, 5.41) is 34.3. The van der Waals surface area contributed by atoms with E-state index in [1.54, 1.807) is 0 Å². The van der Waals surface area contributed by atoms with Gasteiger partial charge in [-0.15, -0.1) is 0 Å². The molecule has 0 aromatic heterocycles. The molecule has 0 fully saturated rings. The van der Waals surface area contributed by atoms with Gasteiger partial charge >= 0.3 is 29.6 Å². The molecule has 7 nitrogen and oxygen atoms in total. The van der Waals surface area contributed by atoms with Crippen molar-refractivity contribution in [1.82, 2.24) is 4.90 Å². The molecule has 8 heteroatoms. The molecule has 0 rings (SSSR count). The number of aliphatic carboxylic acids is 1. The van der Waals surface area contributed by atoms with E-state index in [0.717, 1.165) is 12.8 Å². The van der Waals surface area contributed by atoms with Gasteiger partial charge in [-0.25, -0.2) is 0 Å². The number of hydrogen-bond donors (Lipinski definition) is 3. The van der Waals surface area contributed by atoms with Gasteiger partial charge in [0.1, 0.15) is 6.10 Å². The fourth-order valence-electron chi connectivity index (χ4n) is 2.12. The number of carboxylic acid groups (broad SMARTS) is 1. The third-order valence-electron chi connectivity index (χ3n) is 3.71. The summed E-state index contributed by atoms with van der Waals surface area (Å²) in [7, 11) is 1.51. The number of aliphatic hydroxyl groups excluding tert-OH is 3. The molecule has 0 saturated heterocycles. The third kappa shape index (κ3) is 23.8. The number of amides is 1. The predicted molar refractivity (Wildman–Crippen MR) is 94.7 cm³/mol. The van der Waals surface area contributed by atoms with Crippen LogP contribution in [0.4, 0.5) is 0 Å². The van der Waals surface area contributed by atoms with Crippen molar-refractivity contribution in [3.63, 3.8) is 0 Å². The van der Waals surface area contributed by atoms with Crippen LogP contribution in [0.5, 0.6) is 0 Å². The first-order valence-corrected chi connectivity index (χ1v) is 9.22. The molecule has 0 heterocycles. The molecule has 26 heavy (non-hydrogen) atoms. The van der Waals surface area contributed by atoms with E-state index in [1.807, 2.05) is 0 Å². The molecule has 0 bridgehead atoms. The minimum atomic E-state index is -1.21. The number of nitrogens with zero attached hydrogens (tertiary/aromatic N) is 1. The Kier molecular flexibility index (Phi) is 26.9. The molecule has 150 valence electrons. The zero-order chi connectivity index (χ0) is 19.5. The SMILES string of the molecule is CCCCCCCCCCCC(=O)N(C)CC(=O)[O-].OCC(O)CO.[Na+]. The van der Waals surface area contributed by atoms with Crippen molar-refractivity contribution < 1.29 is 59.6 Å². The molecule has 0 spiro atoms. The monoisotopic (exact) mass is 385 g/mol. The number of rotatable bonds is 14. The number of hydrogen-bond acceptors (Lipinski definition) is 6. The fourth-order valence-corrected chi connectivity index (χ4v) is 2.12. The Bertz CT molecular complexity index is 327. The van der Waals surface area contributed by atoms with Gasteiger partial charge in [-0.1, -0.05) is 58.3 Å². The largest absolute Gasteiger partial charge is 1.00 e. The molecule has 0 saturated carbocycles. The summed E-state index contributed by atoms with van der Waals surface area (Å²) in [5.41, 5.74) is 0. The summed E-state index contributed by atoms with van der Waals surface area (Å²) in [5.74, 6) is -1.31. The van der Waals surface area contributed by atoms with Gasteiger partial charge in [0.25, 0.3) is 0 Å². The van der Waals surface area contributed by atoms with Gasteiger partial charge in [0, 0.05) is 13.5 Å². The van der Waals surface area contributed by atoms with Crippen molar-refractivity contribution in [3.8, 4) is 0 Å². The van der Waals surface area contributed by atoms with Crippen LogP contribution >= 0.6 is 0 Å². The summed E-state index contributed by atoms with van der Waals surface area (Å²) in [4.78, 5) is 23.1. The van der Waals surface area contributed by atoms with Gasteiger partial charge in [-0.05, 0) is 6.42 Å². The molecule has 0 aliphatic carbocycles. The van der Waals surface area contributed by atoms with Crippen molar-refractivity contribution in [2.45, 2.75) is 77.2 Å². The van der Waals surface area contributed by atoms with Gasteiger partial charge in [-0.2, -0.15) is 0 Å². The fraction of sp³-hybridized carbons (Fsp3) is 0.889. The van der Waals surface area contributed by atoms with E-state index >= 15 is 0 Å². The predicted octanol–water partition coefficient (Wildman–Crippen LogP) is -2.55. The summed E-state index contributed by atoms with van der Waals surface area (Å²) >= 11 is 0. The van der Waals surface area contributed by atoms with E-state index in [0.29, 0.717) is 6.42 Å². The second kappa shape index (κ2) is 22.9. The third-order valence-corrected chi connectivity index (χ3v) is 3.71. The summed E-state index contributed by atoms with van der Waals surface area (Å²) < 4.78 is 0. The summed E-state index contributed by atoms with van der Waals surface area (Å²) in [6.45, 7) is 1.18. The van der Waals surface area contributed by atoms with Crippen molar-refractivity contribution in [3.05, 3.63) is 0 Å². The Hall–Kier alpha value is -0.180. The van der Waals surface area contributed by atoms with Crippen LogP contribution in [0, 0.1) is 0 Å². The van der Waals surface area contributed by atoms with Gasteiger partial charge in [0.15, 0.2) is 0 Å². The topological polar surface area (TPSA) is 121 Å². The maximum atomic E-state index is 11.5. The quantitative estimate of drug-likeness (QED) is 0.224. The molecule has 0 aliphatic heterocycles. The molecule has 0 aromatic carbocycles. The van der Waals surface area contributed by atoms with Crippen LogP contribution in [-0.2, 0) is 9.59 Å². The van der Waals surface area contributed by atoms with E-state index in [-0.39, 0.29) is 55.2 Å². The minimum absolute atomic E-state index is 0.